The molecule has 1 fully saturated rings. The van der Waals surface area contributed by atoms with Gasteiger partial charge < -0.3 is 14.4 Å². The molecule has 0 spiro atoms. The number of nitrogens with zero attached hydrogens (tertiary/aromatic N) is 3. The van der Waals surface area contributed by atoms with Crippen LogP contribution in [0.1, 0.15) is 56.1 Å². The third-order valence-corrected chi connectivity index (χ3v) is 4.75. The summed E-state index contributed by atoms with van der Waals surface area (Å²) in [6, 6.07) is 2.38. The fourth-order valence-corrected chi connectivity index (χ4v) is 3.49. The maximum atomic E-state index is 12.5. The number of carbonyl (C=O) groups excluding carboxylic acids is 1. The van der Waals surface area contributed by atoms with Crippen LogP contribution < -0.4 is 5.32 Å². The zero-order chi connectivity index (χ0) is 17.1. The smallest absolute Gasteiger partial charge is 0.274 e. The van der Waals surface area contributed by atoms with Gasteiger partial charge in [0.1, 0.15) is 12.2 Å². The van der Waals surface area contributed by atoms with E-state index >= 15 is 0 Å². The molecular weight excluding hydrogens is 304 g/mol. The molecule has 6 heteroatoms. The number of aromatic nitrogens is 3. The summed E-state index contributed by atoms with van der Waals surface area (Å²) in [5.74, 6) is 1.22. The standard InChI is InChI=1S/C18H26N4O2/c1-4-15-20-18(24-21-15)17-12(2)10-13(3)22(17)11-16(23)19-14-8-6-5-7-9-14/h10,14H,4-9,11H2,1-3H3,(H,19,23). The van der Waals surface area contributed by atoms with Gasteiger partial charge in [-0.15, -0.1) is 0 Å². The molecule has 2 aromatic rings. The Labute approximate surface area is 142 Å². The zero-order valence-electron chi connectivity index (χ0n) is 14.8. The molecule has 2 heterocycles. The van der Waals surface area contributed by atoms with E-state index in [1.165, 1.54) is 19.3 Å². The van der Waals surface area contributed by atoms with Gasteiger partial charge in [-0.1, -0.05) is 31.3 Å². The molecule has 6 nitrogen and oxygen atoms in total. The van der Waals surface area contributed by atoms with E-state index in [9.17, 15) is 4.79 Å². The van der Waals surface area contributed by atoms with Crippen molar-refractivity contribution < 1.29 is 9.32 Å². The molecule has 0 saturated heterocycles. The normalized spacial score (nSPS) is 15.6. The Morgan fingerprint density at radius 1 is 1.33 bits per heavy atom. The van der Waals surface area contributed by atoms with Crippen LogP contribution in [0.25, 0.3) is 11.6 Å². The van der Waals surface area contributed by atoms with Gasteiger partial charge in [0, 0.05) is 18.2 Å². The van der Waals surface area contributed by atoms with Gasteiger partial charge >= 0.3 is 0 Å². The minimum atomic E-state index is 0.0529. The highest BCUT2D eigenvalue weighted by atomic mass is 16.5. The first kappa shape index (κ1) is 16.7. The Bertz CT molecular complexity index is 711. The summed E-state index contributed by atoms with van der Waals surface area (Å²) in [4.78, 5) is 16.9. The largest absolute Gasteiger partial charge is 0.352 e. The third kappa shape index (κ3) is 3.52. The number of nitrogens with one attached hydrogen (secondary N) is 1. The first-order valence-corrected chi connectivity index (χ1v) is 8.87. The molecule has 0 radical (unpaired) electrons. The SMILES string of the molecule is CCc1noc(-c2c(C)cc(C)n2CC(=O)NC2CCCCC2)n1. The number of carbonyl (C=O) groups is 1. The summed E-state index contributed by atoms with van der Waals surface area (Å²) in [7, 11) is 0. The van der Waals surface area contributed by atoms with E-state index < -0.39 is 0 Å². The van der Waals surface area contributed by atoms with Crippen molar-refractivity contribution in [2.24, 2.45) is 0 Å². The first-order valence-electron chi connectivity index (χ1n) is 8.87. The Morgan fingerprint density at radius 3 is 2.75 bits per heavy atom. The van der Waals surface area contributed by atoms with Crippen LogP contribution in [-0.2, 0) is 17.8 Å². The number of aryl methyl sites for hydroxylation is 3. The van der Waals surface area contributed by atoms with Gasteiger partial charge in [-0.25, -0.2) is 0 Å². The molecule has 2 aromatic heterocycles. The molecule has 0 atom stereocenters. The fraction of sp³-hybridized carbons (Fsp3) is 0.611. The van der Waals surface area contributed by atoms with Gasteiger partial charge in [0.05, 0.1) is 0 Å². The summed E-state index contributed by atoms with van der Waals surface area (Å²) < 4.78 is 7.37. The van der Waals surface area contributed by atoms with Crippen LogP contribution >= 0.6 is 0 Å². The van der Waals surface area contributed by atoms with Gasteiger partial charge in [0.25, 0.3) is 5.89 Å². The van der Waals surface area contributed by atoms with Crippen LogP contribution in [0.3, 0.4) is 0 Å². The van der Waals surface area contributed by atoms with Crippen molar-refractivity contribution in [1.29, 1.82) is 0 Å². The molecular formula is C18H26N4O2. The van der Waals surface area contributed by atoms with E-state index in [-0.39, 0.29) is 12.5 Å². The molecule has 130 valence electrons. The second-order valence-electron chi connectivity index (χ2n) is 6.68. The molecule has 1 amide bonds. The zero-order valence-corrected chi connectivity index (χ0v) is 14.8. The van der Waals surface area contributed by atoms with Crippen LogP contribution in [-0.4, -0.2) is 26.7 Å². The van der Waals surface area contributed by atoms with Crippen LogP contribution in [0, 0.1) is 13.8 Å². The number of hydrogen-bond acceptors (Lipinski definition) is 4. The van der Waals surface area contributed by atoms with Gasteiger partial charge in [0.2, 0.25) is 5.91 Å². The van der Waals surface area contributed by atoms with Crippen molar-refractivity contribution >= 4 is 5.91 Å². The molecule has 0 unspecified atom stereocenters. The minimum Gasteiger partial charge on any atom is -0.352 e. The van der Waals surface area contributed by atoms with Crippen LogP contribution in [0.5, 0.6) is 0 Å². The number of rotatable bonds is 5. The minimum absolute atomic E-state index is 0.0529. The summed E-state index contributed by atoms with van der Waals surface area (Å²) in [6.45, 7) is 6.29. The van der Waals surface area contributed by atoms with Gasteiger partial charge in [-0.3, -0.25) is 4.79 Å². The highest BCUT2D eigenvalue weighted by molar-refractivity contribution is 5.77. The van der Waals surface area contributed by atoms with E-state index in [1.54, 1.807) is 0 Å². The summed E-state index contributed by atoms with van der Waals surface area (Å²) in [6.07, 6.45) is 6.60. The van der Waals surface area contributed by atoms with Gasteiger partial charge in [-0.05, 0) is 38.3 Å². The van der Waals surface area contributed by atoms with Crippen molar-refractivity contribution in [1.82, 2.24) is 20.0 Å². The van der Waals surface area contributed by atoms with E-state index in [0.29, 0.717) is 17.8 Å². The Balaban J connectivity index is 1.78. The van der Waals surface area contributed by atoms with Gasteiger partial charge in [0.15, 0.2) is 5.82 Å². The summed E-state index contributed by atoms with van der Waals surface area (Å²) >= 11 is 0. The van der Waals surface area contributed by atoms with E-state index in [2.05, 4.69) is 21.5 Å². The summed E-state index contributed by atoms with van der Waals surface area (Å²) in [5, 5.41) is 7.15. The lowest BCUT2D eigenvalue weighted by Gasteiger charge is -2.23. The Kier molecular flexibility index (Phi) is 5.02. The maximum Gasteiger partial charge on any atom is 0.274 e. The van der Waals surface area contributed by atoms with E-state index in [4.69, 9.17) is 4.52 Å². The van der Waals surface area contributed by atoms with Crippen LogP contribution in [0.15, 0.2) is 10.6 Å². The van der Waals surface area contributed by atoms with Crippen molar-refractivity contribution in [3.63, 3.8) is 0 Å². The lowest BCUT2D eigenvalue weighted by molar-refractivity contribution is -0.122. The first-order chi connectivity index (χ1) is 11.6. The van der Waals surface area contributed by atoms with Crippen LogP contribution in [0.2, 0.25) is 0 Å². The van der Waals surface area contributed by atoms with Crippen LogP contribution in [0.4, 0.5) is 0 Å². The molecule has 1 saturated carbocycles. The molecule has 0 bridgehead atoms. The molecule has 24 heavy (non-hydrogen) atoms. The Hall–Kier alpha value is -2.11. The van der Waals surface area contributed by atoms with Gasteiger partial charge in [-0.2, -0.15) is 4.98 Å². The average molecular weight is 330 g/mol. The quantitative estimate of drug-likeness (QED) is 0.914. The lowest BCUT2D eigenvalue weighted by atomic mass is 9.95. The average Bonchev–Trinajstić information content (AvgIpc) is 3.13. The highest BCUT2D eigenvalue weighted by Gasteiger charge is 2.21. The second kappa shape index (κ2) is 7.20. The monoisotopic (exact) mass is 330 g/mol. The Morgan fingerprint density at radius 2 is 2.08 bits per heavy atom. The van der Waals surface area contributed by atoms with Crippen molar-refractivity contribution in [3.05, 3.63) is 23.1 Å². The molecule has 1 aliphatic rings. The summed E-state index contributed by atoms with van der Waals surface area (Å²) in [5.41, 5.74) is 2.92. The maximum absolute atomic E-state index is 12.5. The number of hydrogen-bond donors (Lipinski definition) is 1. The molecule has 1 N–H and O–H groups in total. The predicted octanol–water partition coefficient (Wildman–Crippen LogP) is 3.17. The third-order valence-electron chi connectivity index (χ3n) is 4.75. The van der Waals surface area contributed by atoms with Crippen molar-refractivity contribution in [2.45, 2.75) is 71.9 Å². The van der Waals surface area contributed by atoms with E-state index in [0.717, 1.165) is 36.2 Å². The second-order valence-corrected chi connectivity index (χ2v) is 6.68. The topological polar surface area (TPSA) is 73.0 Å². The number of amides is 1. The fourth-order valence-electron chi connectivity index (χ4n) is 3.49. The molecule has 0 aliphatic heterocycles. The predicted molar refractivity (Wildman–Crippen MR) is 91.6 cm³/mol. The highest BCUT2D eigenvalue weighted by Crippen LogP contribution is 2.26. The van der Waals surface area contributed by atoms with E-state index in [1.807, 2.05) is 25.3 Å². The van der Waals surface area contributed by atoms with Crippen molar-refractivity contribution in [2.75, 3.05) is 0 Å². The molecule has 1 aliphatic carbocycles. The molecule has 0 aromatic carbocycles. The molecule has 3 rings (SSSR count). The lowest BCUT2D eigenvalue weighted by Crippen LogP contribution is -2.38. The van der Waals surface area contributed by atoms with Crippen molar-refractivity contribution in [3.8, 4) is 11.6 Å².